The van der Waals surface area contributed by atoms with Crippen molar-refractivity contribution < 1.29 is 21.6 Å². The Morgan fingerprint density at radius 1 is 1.17 bits per heavy atom. The second-order valence-electron chi connectivity index (χ2n) is 5.80. The van der Waals surface area contributed by atoms with Gasteiger partial charge in [0.1, 0.15) is 10.9 Å². The van der Waals surface area contributed by atoms with Crippen molar-refractivity contribution >= 4 is 20.9 Å². The number of aromatic nitrogens is 1. The van der Waals surface area contributed by atoms with Gasteiger partial charge in [0.25, 0.3) is 0 Å². The molecule has 0 spiro atoms. The monoisotopic (exact) mass is 359 g/mol. The summed E-state index contributed by atoms with van der Waals surface area (Å²) in [5.41, 5.74) is 5.88. The molecule has 2 unspecified atom stereocenters. The van der Waals surface area contributed by atoms with Crippen molar-refractivity contribution in [3.05, 3.63) is 36.5 Å². The average Bonchev–Trinajstić information content (AvgIpc) is 2.53. The summed E-state index contributed by atoms with van der Waals surface area (Å²) in [6.45, 7) is -0.365. The van der Waals surface area contributed by atoms with Gasteiger partial charge in [-0.3, -0.25) is 4.98 Å². The fourth-order valence-corrected chi connectivity index (χ4v) is 4.83. The Bertz CT molecular complexity index is 849. The van der Waals surface area contributed by atoms with E-state index in [2.05, 4.69) is 4.98 Å². The smallest absolute Gasteiger partial charge is 0.327 e. The van der Waals surface area contributed by atoms with Crippen molar-refractivity contribution in [3.8, 4) is 0 Å². The molecular formula is C15H16F3N3O2S. The van der Waals surface area contributed by atoms with Crippen LogP contribution in [0.1, 0.15) is 12.8 Å². The number of alkyl halides is 3. The molecule has 1 aliphatic rings. The second-order valence-corrected chi connectivity index (χ2v) is 7.66. The number of nitrogens with two attached hydrogens (primary N) is 1. The highest BCUT2D eigenvalue weighted by Gasteiger charge is 2.50. The maximum Gasteiger partial charge on any atom is 0.405 e. The van der Waals surface area contributed by atoms with Gasteiger partial charge < -0.3 is 5.73 Å². The van der Waals surface area contributed by atoms with Crippen molar-refractivity contribution in [2.24, 2.45) is 5.73 Å². The minimum Gasteiger partial charge on any atom is -0.327 e. The van der Waals surface area contributed by atoms with Gasteiger partial charge in [-0.05, 0) is 25.0 Å². The molecule has 9 heteroatoms. The van der Waals surface area contributed by atoms with E-state index >= 15 is 0 Å². The first-order valence-electron chi connectivity index (χ1n) is 7.39. The Hall–Kier alpha value is -1.71. The lowest BCUT2D eigenvalue weighted by Crippen LogP contribution is -2.56. The molecule has 2 N–H and O–H groups in total. The first kappa shape index (κ1) is 17.1. The molecule has 0 radical (unpaired) electrons. The molecule has 2 atom stereocenters. The lowest BCUT2D eigenvalue weighted by atomic mass is 10.0. The van der Waals surface area contributed by atoms with Crippen LogP contribution in [0.5, 0.6) is 0 Å². The summed E-state index contributed by atoms with van der Waals surface area (Å²) in [6, 6.07) is 5.02. The maximum absolute atomic E-state index is 13.3. The van der Waals surface area contributed by atoms with Crippen molar-refractivity contribution in [1.82, 2.24) is 9.29 Å². The van der Waals surface area contributed by atoms with Crippen molar-refractivity contribution in [2.45, 2.75) is 36.0 Å². The van der Waals surface area contributed by atoms with E-state index in [9.17, 15) is 21.6 Å². The number of pyridine rings is 1. The molecule has 3 rings (SSSR count). The first-order chi connectivity index (χ1) is 11.2. The molecule has 0 saturated carbocycles. The van der Waals surface area contributed by atoms with Gasteiger partial charge in [0, 0.05) is 24.2 Å². The lowest BCUT2D eigenvalue weighted by molar-refractivity contribution is -0.178. The van der Waals surface area contributed by atoms with Crippen LogP contribution in [-0.2, 0) is 10.0 Å². The molecule has 130 valence electrons. The van der Waals surface area contributed by atoms with Crippen molar-refractivity contribution in [3.63, 3.8) is 0 Å². The molecule has 0 aliphatic carbocycles. The SMILES string of the molecule is NC1CCC(C(F)(F)F)N(S(=O)(=O)c2cccc3cccnc23)C1. The quantitative estimate of drug-likeness (QED) is 0.893. The third-order valence-electron chi connectivity index (χ3n) is 4.13. The number of hydrogen-bond acceptors (Lipinski definition) is 4. The van der Waals surface area contributed by atoms with Gasteiger partial charge in [0.15, 0.2) is 0 Å². The summed E-state index contributed by atoms with van der Waals surface area (Å²) >= 11 is 0. The van der Waals surface area contributed by atoms with E-state index in [1.54, 1.807) is 18.2 Å². The highest BCUT2D eigenvalue weighted by molar-refractivity contribution is 7.89. The van der Waals surface area contributed by atoms with Crippen LogP contribution in [0.25, 0.3) is 10.9 Å². The second kappa shape index (κ2) is 5.98. The highest BCUT2D eigenvalue weighted by atomic mass is 32.2. The minimum atomic E-state index is -4.65. The molecule has 24 heavy (non-hydrogen) atoms. The normalized spacial score (nSPS) is 23.5. The summed E-state index contributed by atoms with van der Waals surface area (Å²) < 4.78 is 66.3. The zero-order chi connectivity index (χ0) is 17.5. The van der Waals surface area contributed by atoms with Crippen molar-refractivity contribution in [1.29, 1.82) is 0 Å². The number of piperidine rings is 1. The molecule has 2 heterocycles. The zero-order valence-corrected chi connectivity index (χ0v) is 13.4. The van der Waals surface area contributed by atoms with Gasteiger partial charge in [0.2, 0.25) is 10.0 Å². The number of sulfonamides is 1. The summed E-state index contributed by atoms with van der Waals surface area (Å²) in [5, 5.41) is 0.545. The van der Waals surface area contributed by atoms with Crippen LogP contribution < -0.4 is 5.73 Å². The summed E-state index contributed by atoms with van der Waals surface area (Å²) in [6.07, 6.45) is -3.46. The van der Waals surface area contributed by atoms with Crippen LogP contribution in [0.3, 0.4) is 0 Å². The maximum atomic E-state index is 13.3. The zero-order valence-electron chi connectivity index (χ0n) is 12.6. The lowest BCUT2D eigenvalue weighted by Gasteiger charge is -2.38. The van der Waals surface area contributed by atoms with Gasteiger partial charge in [-0.2, -0.15) is 17.5 Å². The van der Waals surface area contributed by atoms with Gasteiger partial charge in [-0.25, -0.2) is 8.42 Å². The Morgan fingerprint density at radius 2 is 1.88 bits per heavy atom. The molecule has 2 aromatic rings. The number of benzene rings is 1. The summed E-state index contributed by atoms with van der Waals surface area (Å²) in [4.78, 5) is 3.80. The first-order valence-corrected chi connectivity index (χ1v) is 8.83. The third-order valence-corrected chi connectivity index (χ3v) is 6.04. The molecule has 1 aliphatic heterocycles. The number of fused-ring (bicyclic) bond motifs is 1. The molecule has 1 aromatic carbocycles. The van der Waals surface area contributed by atoms with Gasteiger partial charge >= 0.3 is 6.18 Å². The van der Waals surface area contributed by atoms with E-state index in [-0.39, 0.29) is 29.8 Å². The number of rotatable bonds is 2. The molecule has 0 amide bonds. The van der Waals surface area contributed by atoms with E-state index in [1.165, 1.54) is 18.3 Å². The standard InChI is InChI=1S/C15H16F3N3O2S/c16-15(17,18)13-7-6-11(19)9-21(13)24(22,23)12-5-1-3-10-4-2-8-20-14(10)12/h1-5,8,11,13H,6-7,9,19H2. The molecule has 1 aromatic heterocycles. The average molecular weight is 359 g/mol. The molecule has 0 bridgehead atoms. The Balaban J connectivity index is 2.13. The van der Waals surface area contributed by atoms with E-state index < -0.39 is 28.3 Å². The summed E-state index contributed by atoms with van der Waals surface area (Å²) in [7, 11) is -4.38. The molecule has 5 nitrogen and oxygen atoms in total. The van der Waals surface area contributed by atoms with Crippen LogP contribution >= 0.6 is 0 Å². The van der Waals surface area contributed by atoms with Crippen LogP contribution in [0.15, 0.2) is 41.4 Å². The Kier molecular flexibility index (Phi) is 4.27. The number of hydrogen-bond donors (Lipinski definition) is 1. The van der Waals surface area contributed by atoms with Crippen LogP contribution in [-0.4, -0.2) is 42.5 Å². The third kappa shape index (κ3) is 2.99. The van der Waals surface area contributed by atoms with E-state index in [1.807, 2.05) is 0 Å². The van der Waals surface area contributed by atoms with Crippen LogP contribution in [0.2, 0.25) is 0 Å². The topological polar surface area (TPSA) is 76.3 Å². The van der Waals surface area contributed by atoms with Gasteiger partial charge in [-0.15, -0.1) is 0 Å². The fraction of sp³-hybridized carbons (Fsp3) is 0.400. The summed E-state index contributed by atoms with van der Waals surface area (Å²) in [5.74, 6) is 0. The number of para-hydroxylation sites is 1. The largest absolute Gasteiger partial charge is 0.405 e. The van der Waals surface area contributed by atoms with Crippen LogP contribution in [0, 0.1) is 0 Å². The van der Waals surface area contributed by atoms with Crippen molar-refractivity contribution in [2.75, 3.05) is 6.54 Å². The number of nitrogens with zero attached hydrogens (tertiary/aromatic N) is 2. The molecule has 1 fully saturated rings. The van der Waals surface area contributed by atoms with E-state index in [0.29, 0.717) is 9.69 Å². The van der Waals surface area contributed by atoms with Gasteiger partial charge in [-0.1, -0.05) is 18.2 Å². The predicted molar refractivity (Wildman–Crippen MR) is 82.7 cm³/mol. The van der Waals surface area contributed by atoms with Crippen LogP contribution in [0.4, 0.5) is 13.2 Å². The van der Waals surface area contributed by atoms with E-state index in [0.717, 1.165) is 0 Å². The van der Waals surface area contributed by atoms with E-state index in [4.69, 9.17) is 5.73 Å². The fourth-order valence-electron chi connectivity index (χ4n) is 2.97. The molecule has 1 saturated heterocycles. The Labute approximate surface area is 137 Å². The predicted octanol–water partition coefficient (Wildman–Crippen LogP) is 2.28. The van der Waals surface area contributed by atoms with Gasteiger partial charge in [0.05, 0.1) is 5.52 Å². The molecular weight excluding hydrogens is 343 g/mol. The highest BCUT2D eigenvalue weighted by Crippen LogP contribution is 2.36. The minimum absolute atomic E-state index is 0.129. The number of halogens is 3. The Morgan fingerprint density at radius 3 is 2.58 bits per heavy atom.